The van der Waals surface area contributed by atoms with Crippen LogP contribution in [0.25, 0.3) is 0 Å². The number of amides is 1. The SMILES string of the molecule is Cc1ccc(NC(=O)c2cc(C)oc2C)nc1. The lowest BCUT2D eigenvalue weighted by Gasteiger charge is -2.03. The van der Waals surface area contributed by atoms with E-state index in [0.717, 1.165) is 11.3 Å². The Labute approximate surface area is 99.7 Å². The molecule has 0 aromatic carbocycles. The van der Waals surface area contributed by atoms with Gasteiger partial charge in [0.2, 0.25) is 0 Å². The molecule has 1 N–H and O–H groups in total. The molecule has 0 fully saturated rings. The van der Waals surface area contributed by atoms with Crippen molar-refractivity contribution in [1.29, 1.82) is 0 Å². The highest BCUT2D eigenvalue weighted by molar-refractivity contribution is 6.04. The molecule has 0 bridgehead atoms. The third-order valence-electron chi connectivity index (χ3n) is 2.44. The molecule has 0 radical (unpaired) electrons. The van der Waals surface area contributed by atoms with E-state index in [1.165, 1.54) is 0 Å². The molecule has 2 rings (SSSR count). The summed E-state index contributed by atoms with van der Waals surface area (Å²) >= 11 is 0. The summed E-state index contributed by atoms with van der Waals surface area (Å²) in [5.41, 5.74) is 1.60. The van der Waals surface area contributed by atoms with Crippen LogP contribution in [0.5, 0.6) is 0 Å². The van der Waals surface area contributed by atoms with Crippen LogP contribution in [0.2, 0.25) is 0 Å². The summed E-state index contributed by atoms with van der Waals surface area (Å²) < 4.78 is 5.31. The van der Waals surface area contributed by atoms with Gasteiger partial charge < -0.3 is 9.73 Å². The summed E-state index contributed by atoms with van der Waals surface area (Å²) in [4.78, 5) is 16.0. The standard InChI is InChI=1S/C13H14N2O2/c1-8-4-5-12(14-7-8)15-13(16)11-6-9(2)17-10(11)3/h4-7H,1-3H3,(H,14,15,16). The van der Waals surface area contributed by atoms with Crippen LogP contribution < -0.4 is 5.32 Å². The molecule has 0 spiro atoms. The minimum absolute atomic E-state index is 0.198. The third kappa shape index (κ3) is 2.53. The Bertz CT molecular complexity index is 541. The molecule has 88 valence electrons. The lowest BCUT2D eigenvalue weighted by molar-refractivity contribution is 0.102. The molecule has 2 aromatic rings. The summed E-state index contributed by atoms with van der Waals surface area (Å²) in [7, 11) is 0. The number of hydrogen-bond acceptors (Lipinski definition) is 3. The van der Waals surface area contributed by atoms with E-state index in [2.05, 4.69) is 10.3 Å². The molecule has 0 aliphatic carbocycles. The highest BCUT2D eigenvalue weighted by Gasteiger charge is 2.13. The molecule has 17 heavy (non-hydrogen) atoms. The van der Waals surface area contributed by atoms with Crippen molar-refractivity contribution in [2.45, 2.75) is 20.8 Å². The Morgan fingerprint density at radius 1 is 1.29 bits per heavy atom. The van der Waals surface area contributed by atoms with Crippen molar-refractivity contribution in [1.82, 2.24) is 4.98 Å². The Morgan fingerprint density at radius 3 is 2.59 bits per heavy atom. The monoisotopic (exact) mass is 230 g/mol. The van der Waals surface area contributed by atoms with Gasteiger partial charge in [-0.25, -0.2) is 4.98 Å². The lowest BCUT2D eigenvalue weighted by atomic mass is 10.2. The summed E-state index contributed by atoms with van der Waals surface area (Å²) in [5.74, 6) is 1.69. The molecule has 0 saturated heterocycles. The Hall–Kier alpha value is -2.10. The molecule has 2 heterocycles. The maximum absolute atomic E-state index is 11.9. The van der Waals surface area contributed by atoms with Crippen LogP contribution in [0.1, 0.15) is 27.4 Å². The van der Waals surface area contributed by atoms with Crippen LogP contribution >= 0.6 is 0 Å². The first kappa shape index (κ1) is 11.4. The van der Waals surface area contributed by atoms with Gasteiger partial charge in [-0.15, -0.1) is 0 Å². The van der Waals surface area contributed by atoms with Crippen LogP contribution in [0.3, 0.4) is 0 Å². The Morgan fingerprint density at radius 2 is 2.06 bits per heavy atom. The molecular formula is C13H14N2O2. The zero-order valence-corrected chi connectivity index (χ0v) is 10.1. The number of furan rings is 1. The van der Waals surface area contributed by atoms with Gasteiger partial charge in [0, 0.05) is 6.20 Å². The molecule has 0 unspecified atom stereocenters. The predicted molar refractivity (Wildman–Crippen MR) is 65.1 cm³/mol. The number of carbonyl (C=O) groups excluding carboxylic acids is 1. The second-order valence-corrected chi connectivity index (χ2v) is 4.00. The van der Waals surface area contributed by atoms with Gasteiger partial charge in [-0.1, -0.05) is 6.07 Å². The Balaban J connectivity index is 2.17. The largest absolute Gasteiger partial charge is 0.466 e. The minimum Gasteiger partial charge on any atom is -0.466 e. The van der Waals surface area contributed by atoms with Crippen molar-refractivity contribution < 1.29 is 9.21 Å². The number of nitrogens with one attached hydrogen (secondary N) is 1. The van der Waals surface area contributed by atoms with Crippen molar-refractivity contribution in [3.05, 3.63) is 47.0 Å². The van der Waals surface area contributed by atoms with Crippen LogP contribution in [-0.2, 0) is 0 Å². The van der Waals surface area contributed by atoms with E-state index >= 15 is 0 Å². The fourth-order valence-electron chi connectivity index (χ4n) is 1.58. The van der Waals surface area contributed by atoms with E-state index in [4.69, 9.17) is 4.42 Å². The van der Waals surface area contributed by atoms with Gasteiger partial charge in [0.1, 0.15) is 17.3 Å². The molecule has 4 nitrogen and oxygen atoms in total. The maximum atomic E-state index is 11.9. The van der Waals surface area contributed by atoms with Gasteiger partial charge >= 0.3 is 0 Å². The van der Waals surface area contributed by atoms with Crippen LogP contribution in [0.4, 0.5) is 5.82 Å². The van der Waals surface area contributed by atoms with Crippen molar-refractivity contribution >= 4 is 11.7 Å². The lowest BCUT2D eigenvalue weighted by Crippen LogP contribution is -2.13. The van der Waals surface area contributed by atoms with E-state index in [0.29, 0.717) is 17.1 Å². The van der Waals surface area contributed by atoms with Gasteiger partial charge in [-0.05, 0) is 38.5 Å². The first-order chi connectivity index (χ1) is 8.06. The fraction of sp³-hybridized carbons (Fsp3) is 0.231. The molecule has 0 aliphatic rings. The first-order valence-corrected chi connectivity index (χ1v) is 5.37. The quantitative estimate of drug-likeness (QED) is 0.863. The van der Waals surface area contributed by atoms with Gasteiger partial charge in [0.25, 0.3) is 5.91 Å². The highest BCUT2D eigenvalue weighted by Crippen LogP contribution is 2.15. The predicted octanol–water partition coefficient (Wildman–Crippen LogP) is 2.85. The second kappa shape index (κ2) is 4.41. The zero-order chi connectivity index (χ0) is 12.4. The van der Waals surface area contributed by atoms with E-state index in [-0.39, 0.29) is 5.91 Å². The van der Waals surface area contributed by atoms with Crippen molar-refractivity contribution in [2.75, 3.05) is 5.32 Å². The summed E-state index contributed by atoms with van der Waals surface area (Å²) in [6.45, 7) is 5.53. The summed E-state index contributed by atoms with van der Waals surface area (Å²) in [6.07, 6.45) is 1.71. The topological polar surface area (TPSA) is 55.1 Å². The number of anilines is 1. The van der Waals surface area contributed by atoms with E-state index in [1.54, 1.807) is 25.3 Å². The van der Waals surface area contributed by atoms with Crippen LogP contribution in [0.15, 0.2) is 28.8 Å². The van der Waals surface area contributed by atoms with Crippen molar-refractivity contribution in [3.8, 4) is 0 Å². The smallest absolute Gasteiger partial charge is 0.260 e. The summed E-state index contributed by atoms with van der Waals surface area (Å²) in [5, 5.41) is 2.73. The normalized spacial score (nSPS) is 10.3. The van der Waals surface area contributed by atoms with E-state index in [9.17, 15) is 4.79 Å². The van der Waals surface area contributed by atoms with Gasteiger partial charge in [0.15, 0.2) is 0 Å². The highest BCUT2D eigenvalue weighted by atomic mass is 16.3. The first-order valence-electron chi connectivity index (χ1n) is 5.37. The number of hydrogen-bond donors (Lipinski definition) is 1. The summed E-state index contributed by atoms with van der Waals surface area (Å²) in [6, 6.07) is 5.39. The van der Waals surface area contributed by atoms with Crippen LogP contribution in [-0.4, -0.2) is 10.9 Å². The van der Waals surface area contributed by atoms with Crippen molar-refractivity contribution in [3.63, 3.8) is 0 Å². The van der Waals surface area contributed by atoms with E-state index in [1.807, 2.05) is 19.9 Å². The molecule has 0 saturated carbocycles. The van der Waals surface area contributed by atoms with Gasteiger partial charge in [-0.3, -0.25) is 4.79 Å². The van der Waals surface area contributed by atoms with Gasteiger partial charge in [-0.2, -0.15) is 0 Å². The molecule has 2 aromatic heterocycles. The average molecular weight is 230 g/mol. The molecule has 4 heteroatoms. The number of aromatic nitrogens is 1. The average Bonchev–Trinajstić information content (AvgIpc) is 2.61. The minimum atomic E-state index is -0.198. The molecular weight excluding hydrogens is 216 g/mol. The number of rotatable bonds is 2. The number of nitrogens with zero attached hydrogens (tertiary/aromatic N) is 1. The second-order valence-electron chi connectivity index (χ2n) is 4.00. The van der Waals surface area contributed by atoms with Crippen LogP contribution in [0, 0.1) is 20.8 Å². The fourth-order valence-corrected chi connectivity index (χ4v) is 1.58. The van der Waals surface area contributed by atoms with Crippen molar-refractivity contribution in [2.24, 2.45) is 0 Å². The molecule has 0 atom stereocenters. The Kier molecular flexibility index (Phi) is 2.95. The zero-order valence-electron chi connectivity index (χ0n) is 10.1. The molecule has 1 amide bonds. The molecule has 0 aliphatic heterocycles. The number of aryl methyl sites for hydroxylation is 3. The maximum Gasteiger partial charge on any atom is 0.260 e. The number of pyridine rings is 1. The number of carbonyl (C=O) groups is 1. The third-order valence-corrected chi connectivity index (χ3v) is 2.44. The van der Waals surface area contributed by atoms with E-state index < -0.39 is 0 Å². The van der Waals surface area contributed by atoms with Gasteiger partial charge in [0.05, 0.1) is 5.56 Å².